The Kier molecular flexibility index (Phi) is 3.40. The quantitative estimate of drug-likeness (QED) is 0.857. The maximum absolute atomic E-state index is 3.91. The van der Waals surface area contributed by atoms with Crippen molar-refractivity contribution in [1.82, 2.24) is 10.2 Å². The minimum atomic E-state index is 0.665. The minimum Gasteiger partial charge on any atom is -0.310 e. The maximum atomic E-state index is 3.91. The van der Waals surface area contributed by atoms with E-state index in [0.29, 0.717) is 12.1 Å². The van der Waals surface area contributed by atoms with Crippen molar-refractivity contribution in [2.45, 2.75) is 38.3 Å². The molecule has 0 amide bonds. The fourth-order valence-electron chi connectivity index (χ4n) is 3.58. The highest BCUT2D eigenvalue weighted by atomic mass is 15.1. The molecule has 1 saturated heterocycles. The van der Waals surface area contributed by atoms with Crippen molar-refractivity contribution in [1.29, 1.82) is 0 Å². The highest BCUT2D eigenvalue weighted by Gasteiger charge is 2.28. The zero-order chi connectivity index (χ0) is 12.5. The molecule has 0 spiro atoms. The molecule has 98 valence electrons. The first kappa shape index (κ1) is 12.2. The largest absolute Gasteiger partial charge is 0.310 e. The van der Waals surface area contributed by atoms with Crippen LogP contribution in [0.1, 0.15) is 24.5 Å². The lowest BCUT2D eigenvalue weighted by atomic mass is 9.93. The van der Waals surface area contributed by atoms with Gasteiger partial charge in [-0.3, -0.25) is 0 Å². The van der Waals surface area contributed by atoms with Crippen molar-refractivity contribution in [3.63, 3.8) is 0 Å². The molecule has 2 atom stereocenters. The van der Waals surface area contributed by atoms with Crippen molar-refractivity contribution in [2.75, 3.05) is 20.1 Å². The topological polar surface area (TPSA) is 15.3 Å². The summed E-state index contributed by atoms with van der Waals surface area (Å²) in [5, 5.41) is 3.91. The number of hydrogen-bond acceptors (Lipinski definition) is 2. The average Bonchev–Trinajstić information content (AvgIpc) is 2.75. The Bertz CT molecular complexity index is 390. The van der Waals surface area contributed by atoms with Crippen molar-refractivity contribution in [2.24, 2.45) is 5.92 Å². The lowest BCUT2D eigenvalue weighted by Crippen LogP contribution is -2.50. The van der Waals surface area contributed by atoms with Gasteiger partial charge in [0.05, 0.1) is 0 Å². The molecule has 0 saturated carbocycles. The molecule has 2 aliphatic rings. The van der Waals surface area contributed by atoms with E-state index < -0.39 is 0 Å². The number of nitrogens with one attached hydrogen (secondary N) is 1. The maximum Gasteiger partial charge on any atom is 0.0151 e. The Balaban J connectivity index is 1.59. The molecular weight excluding hydrogens is 220 g/mol. The SMILES string of the molecule is CC1CN(C)CCC1NC1Cc2ccccc2C1. The lowest BCUT2D eigenvalue weighted by molar-refractivity contribution is 0.166. The van der Waals surface area contributed by atoms with Crippen LogP contribution in [-0.4, -0.2) is 37.1 Å². The molecule has 1 aromatic carbocycles. The number of rotatable bonds is 2. The van der Waals surface area contributed by atoms with Crippen LogP contribution in [0.25, 0.3) is 0 Å². The monoisotopic (exact) mass is 244 g/mol. The zero-order valence-corrected chi connectivity index (χ0v) is 11.5. The first-order chi connectivity index (χ1) is 8.72. The van der Waals surface area contributed by atoms with Gasteiger partial charge in [-0.15, -0.1) is 0 Å². The van der Waals surface area contributed by atoms with Crippen LogP contribution in [0.2, 0.25) is 0 Å². The van der Waals surface area contributed by atoms with Gasteiger partial charge in [0.25, 0.3) is 0 Å². The van der Waals surface area contributed by atoms with E-state index in [1.54, 1.807) is 11.1 Å². The van der Waals surface area contributed by atoms with Gasteiger partial charge in [0, 0.05) is 18.6 Å². The van der Waals surface area contributed by atoms with E-state index >= 15 is 0 Å². The van der Waals surface area contributed by atoms with E-state index in [1.165, 1.54) is 32.4 Å². The van der Waals surface area contributed by atoms with Crippen LogP contribution < -0.4 is 5.32 Å². The molecule has 1 N–H and O–H groups in total. The van der Waals surface area contributed by atoms with Gasteiger partial charge in [-0.25, -0.2) is 0 Å². The molecule has 1 aliphatic carbocycles. The van der Waals surface area contributed by atoms with Gasteiger partial charge in [-0.2, -0.15) is 0 Å². The molecule has 1 heterocycles. The van der Waals surface area contributed by atoms with Crippen LogP contribution in [0, 0.1) is 5.92 Å². The van der Waals surface area contributed by atoms with Gasteiger partial charge in [-0.1, -0.05) is 31.2 Å². The third-order valence-electron chi connectivity index (χ3n) is 4.61. The first-order valence-electron chi connectivity index (χ1n) is 7.24. The lowest BCUT2D eigenvalue weighted by Gasteiger charge is -2.37. The van der Waals surface area contributed by atoms with Gasteiger partial charge in [0.2, 0.25) is 0 Å². The molecular formula is C16H24N2. The van der Waals surface area contributed by atoms with Gasteiger partial charge in [-0.05, 0) is 49.9 Å². The van der Waals surface area contributed by atoms with Crippen LogP contribution in [0.5, 0.6) is 0 Å². The van der Waals surface area contributed by atoms with E-state index in [1.807, 2.05) is 0 Å². The van der Waals surface area contributed by atoms with E-state index in [0.717, 1.165) is 5.92 Å². The first-order valence-corrected chi connectivity index (χ1v) is 7.24. The number of nitrogens with zero attached hydrogens (tertiary/aromatic N) is 1. The summed E-state index contributed by atoms with van der Waals surface area (Å²) in [6, 6.07) is 10.3. The Hall–Kier alpha value is -0.860. The molecule has 2 nitrogen and oxygen atoms in total. The zero-order valence-electron chi connectivity index (χ0n) is 11.5. The fourth-order valence-corrected chi connectivity index (χ4v) is 3.58. The summed E-state index contributed by atoms with van der Waals surface area (Å²) < 4.78 is 0. The summed E-state index contributed by atoms with van der Waals surface area (Å²) in [4.78, 5) is 2.45. The van der Waals surface area contributed by atoms with Crippen LogP contribution in [0.4, 0.5) is 0 Å². The third kappa shape index (κ3) is 2.45. The Morgan fingerprint density at radius 3 is 2.44 bits per heavy atom. The molecule has 18 heavy (non-hydrogen) atoms. The Labute approximate surface area is 110 Å². The third-order valence-corrected chi connectivity index (χ3v) is 4.61. The summed E-state index contributed by atoms with van der Waals surface area (Å²) in [5.74, 6) is 0.771. The van der Waals surface area contributed by atoms with Gasteiger partial charge >= 0.3 is 0 Å². The minimum absolute atomic E-state index is 0.665. The predicted molar refractivity (Wildman–Crippen MR) is 75.8 cm³/mol. The molecule has 0 aromatic heterocycles. The van der Waals surface area contributed by atoms with Crippen LogP contribution in [-0.2, 0) is 12.8 Å². The van der Waals surface area contributed by atoms with E-state index in [4.69, 9.17) is 0 Å². The molecule has 2 unspecified atom stereocenters. The van der Waals surface area contributed by atoms with Crippen LogP contribution in [0.3, 0.4) is 0 Å². The van der Waals surface area contributed by atoms with E-state index in [2.05, 4.69) is 48.5 Å². The number of benzene rings is 1. The van der Waals surface area contributed by atoms with Crippen molar-refractivity contribution < 1.29 is 0 Å². The van der Waals surface area contributed by atoms with Crippen LogP contribution in [0.15, 0.2) is 24.3 Å². The second-order valence-electron chi connectivity index (χ2n) is 6.18. The Morgan fingerprint density at radius 2 is 1.83 bits per heavy atom. The summed E-state index contributed by atoms with van der Waals surface area (Å²) >= 11 is 0. The van der Waals surface area contributed by atoms with Crippen molar-refractivity contribution in [3.05, 3.63) is 35.4 Å². The number of likely N-dealkylation sites (tertiary alicyclic amines) is 1. The molecule has 2 heteroatoms. The highest BCUT2D eigenvalue weighted by molar-refractivity contribution is 5.33. The van der Waals surface area contributed by atoms with E-state index in [9.17, 15) is 0 Å². The molecule has 0 bridgehead atoms. The predicted octanol–water partition coefficient (Wildman–Crippen LogP) is 2.08. The summed E-state index contributed by atoms with van der Waals surface area (Å²) in [6.45, 7) is 4.86. The highest BCUT2D eigenvalue weighted by Crippen LogP contribution is 2.24. The fraction of sp³-hybridized carbons (Fsp3) is 0.625. The molecule has 3 rings (SSSR count). The normalized spacial score (nSPS) is 29.4. The van der Waals surface area contributed by atoms with Crippen LogP contribution >= 0.6 is 0 Å². The molecule has 1 fully saturated rings. The Morgan fingerprint density at radius 1 is 1.17 bits per heavy atom. The molecule has 1 aromatic rings. The summed E-state index contributed by atoms with van der Waals surface area (Å²) in [5.41, 5.74) is 3.10. The van der Waals surface area contributed by atoms with E-state index in [-0.39, 0.29) is 0 Å². The smallest absolute Gasteiger partial charge is 0.0151 e. The van der Waals surface area contributed by atoms with Crippen molar-refractivity contribution in [3.8, 4) is 0 Å². The second kappa shape index (κ2) is 5.02. The summed E-state index contributed by atoms with van der Waals surface area (Å²) in [7, 11) is 2.23. The molecule has 1 aliphatic heterocycles. The number of fused-ring (bicyclic) bond motifs is 1. The number of hydrogen-bond donors (Lipinski definition) is 1. The molecule has 0 radical (unpaired) electrons. The van der Waals surface area contributed by atoms with Gasteiger partial charge < -0.3 is 10.2 Å². The number of piperidine rings is 1. The average molecular weight is 244 g/mol. The van der Waals surface area contributed by atoms with Crippen molar-refractivity contribution >= 4 is 0 Å². The van der Waals surface area contributed by atoms with Gasteiger partial charge in [0.15, 0.2) is 0 Å². The standard InChI is InChI=1S/C16H24N2/c1-12-11-18(2)8-7-16(12)17-15-9-13-5-3-4-6-14(13)10-15/h3-6,12,15-17H,7-11H2,1-2H3. The second-order valence-corrected chi connectivity index (χ2v) is 6.18. The van der Waals surface area contributed by atoms with Gasteiger partial charge in [0.1, 0.15) is 0 Å². The summed E-state index contributed by atoms with van der Waals surface area (Å²) in [6.07, 6.45) is 3.73.